The van der Waals surface area contributed by atoms with Gasteiger partial charge in [-0.1, -0.05) is 0 Å². The van der Waals surface area contributed by atoms with Crippen molar-refractivity contribution < 1.29 is 9.53 Å². The van der Waals surface area contributed by atoms with E-state index in [1.807, 2.05) is 36.4 Å². The normalized spacial score (nSPS) is 10.8. The molecule has 0 atom stereocenters. The summed E-state index contributed by atoms with van der Waals surface area (Å²) >= 11 is 5.02. The van der Waals surface area contributed by atoms with Crippen LogP contribution in [0.2, 0.25) is 0 Å². The molecule has 0 bridgehead atoms. The highest BCUT2D eigenvalue weighted by Gasteiger charge is 2.10. The Balaban J connectivity index is 1.75. The zero-order chi connectivity index (χ0) is 14.8. The Morgan fingerprint density at radius 2 is 2.19 bits per heavy atom. The number of rotatable bonds is 4. The molecule has 0 saturated carbocycles. The molecule has 0 radical (unpaired) electrons. The quantitative estimate of drug-likeness (QED) is 0.736. The van der Waals surface area contributed by atoms with Crippen LogP contribution in [-0.2, 0) is 6.54 Å². The molecule has 3 rings (SSSR count). The molecule has 1 aromatic carbocycles. The number of thiophene rings is 1. The summed E-state index contributed by atoms with van der Waals surface area (Å²) in [6.45, 7) is 0.522. The third kappa shape index (κ3) is 3.11. The minimum Gasteiger partial charge on any atom is -0.497 e. The number of hydrogen-bond acceptors (Lipinski definition) is 3. The van der Waals surface area contributed by atoms with Gasteiger partial charge in [0.1, 0.15) is 11.4 Å². The number of methoxy groups -OCH3 is 1. The Hall–Kier alpha value is -1.79. The van der Waals surface area contributed by atoms with Gasteiger partial charge in [0.05, 0.1) is 17.4 Å². The predicted octanol–water partition coefficient (Wildman–Crippen LogP) is 3.93. The molecule has 108 valence electrons. The molecule has 0 spiro atoms. The van der Waals surface area contributed by atoms with E-state index in [4.69, 9.17) is 4.74 Å². The van der Waals surface area contributed by atoms with E-state index in [0.29, 0.717) is 12.2 Å². The van der Waals surface area contributed by atoms with Crippen molar-refractivity contribution in [3.05, 3.63) is 50.8 Å². The summed E-state index contributed by atoms with van der Waals surface area (Å²) in [5.74, 6) is 0.648. The van der Waals surface area contributed by atoms with Gasteiger partial charge in [0, 0.05) is 21.8 Å². The van der Waals surface area contributed by atoms with Crippen LogP contribution in [0.15, 0.2) is 40.2 Å². The van der Waals surface area contributed by atoms with Gasteiger partial charge < -0.3 is 15.0 Å². The number of fused-ring (bicyclic) bond motifs is 1. The summed E-state index contributed by atoms with van der Waals surface area (Å²) in [7, 11) is 1.62. The summed E-state index contributed by atoms with van der Waals surface area (Å²) in [4.78, 5) is 16.4. The number of hydrogen-bond donors (Lipinski definition) is 2. The molecule has 0 saturated heterocycles. The number of H-pyrrole nitrogens is 1. The fraction of sp³-hybridized carbons (Fsp3) is 0.133. The van der Waals surface area contributed by atoms with E-state index in [-0.39, 0.29) is 5.91 Å². The van der Waals surface area contributed by atoms with Crippen molar-refractivity contribution >= 4 is 44.1 Å². The fourth-order valence-electron chi connectivity index (χ4n) is 2.06. The fourth-order valence-corrected chi connectivity index (χ4v) is 3.49. The number of aromatic amines is 1. The first kappa shape index (κ1) is 14.2. The molecule has 1 amide bonds. The second-order valence-corrected chi connectivity index (χ2v) is 7.07. The van der Waals surface area contributed by atoms with Crippen LogP contribution in [0.4, 0.5) is 0 Å². The van der Waals surface area contributed by atoms with E-state index in [1.165, 1.54) is 0 Å². The van der Waals surface area contributed by atoms with E-state index < -0.39 is 0 Å². The number of nitrogens with one attached hydrogen (secondary N) is 2. The predicted molar refractivity (Wildman–Crippen MR) is 88.0 cm³/mol. The van der Waals surface area contributed by atoms with Gasteiger partial charge in [-0.25, -0.2) is 0 Å². The zero-order valence-corrected chi connectivity index (χ0v) is 13.7. The molecule has 0 aliphatic rings. The third-order valence-electron chi connectivity index (χ3n) is 3.13. The minimum absolute atomic E-state index is 0.116. The van der Waals surface area contributed by atoms with Gasteiger partial charge in [-0.05, 0) is 46.3 Å². The van der Waals surface area contributed by atoms with Gasteiger partial charge in [0.25, 0.3) is 5.91 Å². The average Bonchev–Trinajstić information content (AvgIpc) is 3.09. The number of amides is 1. The highest BCUT2D eigenvalue weighted by molar-refractivity contribution is 9.11. The summed E-state index contributed by atoms with van der Waals surface area (Å²) in [6.07, 6.45) is 0. The summed E-state index contributed by atoms with van der Waals surface area (Å²) in [5.41, 5.74) is 1.44. The third-order valence-corrected chi connectivity index (χ3v) is 4.75. The van der Waals surface area contributed by atoms with Crippen molar-refractivity contribution in [1.29, 1.82) is 0 Å². The van der Waals surface area contributed by atoms with Crippen LogP contribution in [-0.4, -0.2) is 18.0 Å². The Labute approximate surface area is 134 Å². The molecule has 2 aromatic heterocycles. The van der Waals surface area contributed by atoms with E-state index in [0.717, 1.165) is 25.3 Å². The van der Waals surface area contributed by atoms with Crippen molar-refractivity contribution in [3.8, 4) is 5.75 Å². The zero-order valence-electron chi connectivity index (χ0n) is 11.3. The molecule has 0 aliphatic heterocycles. The number of aromatic nitrogens is 1. The van der Waals surface area contributed by atoms with Crippen molar-refractivity contribution in [3.63, 3.8) is 0 Å². The lowest BCUT2D eigenvalue weighted by Crippen LogP contribution is -2.22. The first-order valence-corrected chi connectivity index (χ1v) is 7.96. The lowest BCUT2D eigenvalue weighted by Gasteiger charge is -2.01. The molecule has 21 heavy (non-hydrogen) atoms. The SMILES string of the molecule is COc1ccc2cc(C(=O)NCc3ccc(Br)s3)[nH]c2c1. The van der Waals surface area contributed by atoms with Crippen molar-refractivity contribution in [2.75, 3.05) is 7.11 Å². The topological polar surface area (TPSA) is 54.1 Å². The van der Waals surface area contributed by atoms with Gasteiger partial charge in [-0.2, -0.15) is 0 Å². The Morgan fingerprint density at radius 1 is 1.33 bits per heavy atom. The van der Waals surface area contributed by atoms with Gasteiger partial charge in [0.15, 0.2) is 0 Å². The molecule has 2 N–H and O–H groups in total. The highest BCUT2D eigenvalue weighted by atomic mass is 79.9. The van der Waals surface area contributed by atoms with Gasteiger partial charge in [-0.3, -0.25) is 4.79 Å². The van der Waals surface area contributed by atoms with Crippen LogP contribution in [0.3, 0.4) is 0 Å². The maximum atomic E-state index is 12.2. The molecule has 4 nitrogen and oxygen atoms in total. The second kappa shape index (κ2) is 5.91. The first-order valence-electron chi connectivity index (χ1n) is 6.35. The monoisotopic (exact) mass is 364 g/mol. The minimum atomic E-state index is -0.116. The largest absolute Gasteiger partial charge is 0.497 e. The summed E-state index contributed by atoms with van der Waals surface area (Å²) < 4.78 is 6.24. The molecule has 3 aromatic rings. The molecule has 6 heteroatoms. The number of carbonyl (C=O) groups is 1. The number of ether oxygens (including phenoxy) is 1. The molecule has 2 heterocycles. The summed E-state index contributed by atoms with van der Waals surface area (Å²) in [5, 5.41) is 3.89. The molecular formula is C15H13BrN2O2S. The van der Waals surface area contributed by atoms with E-state index in [1.54, 1.807) is 18.4 Å². The average molecular weight is 365 g/mol. The maximum absolute atomic E-state index is 12.2. The number of halogens is 1. The maximum Gasteiger partial charge on any atom is 0.268 e. The van der Waals surface area contributed by atoms with Crippen LogP contribution in [0, 0.1) is 0 Å². The molecule has 0 aliphatic carbocycles. The van der Waals surface area contributed by atoms with E-state index in [9.17, 15) is 4.79 Å². The van der Waals surface area contributed by atoms with E-state index >= 15 is 0 Å². The smallest absolute Gasteiger partial charge is 0.268 e. The summed E-state index contributed by atoms with van der Waals surface area (Å²) in [6, 6.07) is 11.5. The van der Waals surface area contributed by atoms with Crippen molar-refractivity contribution in [2.24, 2.45) is 0 Å². The lowest BCUT2D eigenvalue weighted by atomic mass is 10.2. The standard InChI is InChI=1S/C15H13BrN2O2S/c1-20-10-3-2-9-6-13(18-12(9)7-10)15(19)17-8-11-4-5-14(16)21-11/h2-7,18H,8H2,1H3,(H,17,19). The van der Waals surface area contributed by atoms with Crippen LogP contribution >= 0.6 is 27.3 Å². The van der Waals surface area contributed by atoms with Crippen LogP contribution in [0.1, 0.15) is 15.4 Å². The van der Waals surface area contributed by atoms with Gasteiger partial charge in [-0.15, -0.1) is 11.3 Å². The Kier molecular flexibility index (Phi) is 3.98. The van der Waals surface area contributed by atoms with Crippen LogP contribution in [0.5, 0.6) is 5.75 Å². The van der Waals surface area contributed by atoms with Crippen molar-refractivity contribution in [2.45, 2.75) is 6.54 Å². The van der Waals surface area contributed by atoms with Crippen molar-refractivity contribution in [1.82, 2.24) is 10.3 Å². The Bertz CT molecular complexity index is 794. The number of carbonyl (C=O) groups excluding carboxylic acids is 1. The second-order valence-electron chi connectivity index (χ2n) is 4.52. The molecular weight excluding hydrogens is 352 g/mol. The molecule has 0 fully saturated rings. The van der Waals surface area contributed by atoms with Gasteiger partial charge >= 0.3 is 0 Å². The van der Waals surface area contributed by atoms with Gasteiger partial charge in [0.2, 0.25) is 0 Å². The van der Waals surface area contributed by atoms with Crippen LogP contribution < -0.4 is 10.1 Å². The lowest BCUT2D eigenvalue weighted by molar-refractivity contribution is 0.0947. The van der Waals surface area contributed by atoms with E-state index in [2.05, 4.69) is 26.2 Å². The number of benzene rings is 1. The molecule has 0 unspecified atom stereocenters. The Morgan fingerprint density at radius 3 is 2.90 bits per heavy atom. The highest BCUT2D eigenvalue weighted by Crippen LogP contribution is 2.23. The van der Waals surface area contributed by atoms with Crippen LogP contribution in [0.25, 0.3) is 10.9 Å². The first-order chi connectivity index (χ1) is 10.2.